The normalized spacial score (nSPS) is 11.1. The molecule has 0 spiro atoms. The minimum absolute atomic E-state index is 0.260. The van der Waals surface area contributed by atoms with E-state index in [1.165, 1.54) is 5.56 Å². The van der Waals surface area contributed by atoms with Crippen molar-refractivity contribution in [2.75, 3.05) is 0 Å². The molecule has 101 valence electrons. The molecule has 0 saturated heterocycles. The SMILES string of the molecule is [CH2]Cc1ncc2c(ccn2CCc2ccccc2)c1O. The molecule has 1 N–H and O–H groups in total. The summed E-state index contributed by atoms with van der Waals surface area (Å²) in [5.74, 6) is 0.260. The van der Waals surface area contributed by atoms with Crippen molar-refractivity contribution in [3.63, 3.8) is 0 Å². The number of hydrogen-bond acceptors (Lipinski definition) is 2. The summed E-state index contributed by atoms with van der Waals surface area (Å²) in [5, 5.41) is 11.0. The van der Waals surface area contributed by atoms with Gasteiger partial charge in [0.2, 0.25) is 0 Å². The van der Waals surface area contributed by atoms with E-state index in [1.807, 2.05) is 24.5 Å². The van der Waals surface area contributed by atoms with Crippen molar-refractivity contribution in [2.24, 2.45) is 0 Å². The number of nitrogens with zero attached hydrogens (tertiary/aromatic N) is 2. The Morgan fingerprint density at radius 3 is 2.70 bits per heavy atom. The number of aryl methyl sites for hydroxylation is 2. The van der Waals surface area contributed by atoms with E-state index in [2.05, 4.69) is 40.7 Å². The lowest BCUT2D eigenvalue weighted by Crippen LogP contribution is -2.00. The maximum absolute atomic E-state index is 10.1. The van der Waals surface area contributed by atoms with Gasteiger partial charge < -0.3 is 9.67 Å². The van der Waals surface area contributed by atoms with Gasteiger partial charge in [-0.3, -0.25) is 4.98 Å². The number of hydrogen-bond donors (Lipinski definition) is 1. The van der Waals surface area contributed by atoms with E-state index in [4.69, 9.17) is 0 Å². The summed E-state index contributed by atoms with van der Waals surface area (Å²) in [5.41, 5.74) is 2.93. The fourth-order valence-corrected chi connectivity index (χ4v) is 2.46. The number of benzene rings is 1. The predicted molar refractivity (Wildman–Crippen MR) is 80.6 cm³/mol. The highest BCUT2D eigenvalue weighted by atomic mass is 16.3. The van der Waals surface area contributed by atoms with Crippen molar-refractivity contribution in [1.82, 2.24) is 9.55 Å². The van der Waals surface area contributed by atoms with Crippen LogP contribution in [-0.2, 0) is 19.4 Å². The number of rotatable bonds is 4. The van der Waals surface area contributed by atoms with E-state index < -0.39 is 0 Å². The molecule has 0 atom stereocenters. The van der Waals surface area contributed by atoms with Crippen LogP contribution in [0, 0.1) is 6.92 Å². The highest BCUT2D eigenvalue weighted by Gasteiger charge is 2.09. The first kappa shape index (κ1) is 12.7. The Morgan fingerprint density at radius 1 is 1.15 bits per heavy atom. The molecule has 0 fully saturated rings. The lowest BCUT2D eigenvalue weighted by atomic mass is 10.1. The standard InChI is InChI=1S/C17H17N2O/c1-2-15-17(20)14-9-11-19(16(14)12-18-15)10-8-13-6-4-3-5-7-13/h3-7,9,11-12,20H,1-2,8,10H2. The van der Waals surface area contributed by atoms with Crippen LogP contribution < -0.4 is 0 Å². The average molecular weight is 265 g/mol. The maximum atomic E-state index is 10.1. The molecule has 0 unspecified atom stereocenters. The van der Waals surface area contributed by atoms with Crippen LogP contribution in [0.25, 0.3) is 10.9 Å². The quantitative estimate of drug-likeness (QED) is 0.785. The molecule has 3 rings (SSSR count). The van der Waals surface area contributed by atoms with Gasteiger partial charge in [0.05, 0.1) is 17.4 Å². The zero-order valence-electron chi connectivity index (χ0n) is 11.3. The molecule has 1 radical (unpaired) electrons. The molecule has 0 aliphatic carbocycles. The molecule has 0 aliphatic rings. The third-order valence-corrected chi connectivity index (χ3v) is 3.60. The van der Waals surface area contributed by atoms with Gasteiger partial charge in [-0.1, -0.05) is 30.3 Å². The monoisotopic (exact) mass is 265 g/mol. The first-order chi connectivity index (χ1) is 9.79. The molecule has 3 aromatic rings. The Bertz CT molecular complexity index is 716. The zero-order chi connectivity index (χ0) is 13.9. The Balaban J connectivity index is 1.88. The van der Waals surface area contributed by atoms with Gasteiger partial charge in [-0.2, -0.15) is 0 Å². The van der Waals surface area contributed by atoms with Crippen molar-refractivity contribution < 1.29 is 5.11 Å². The van der Waals surface area contributed by atoms with Crippen LogP contribution in [0.1, 0.15) is 11.3 Å². The van der Waals surface area contributed by atoms with Crippen molar-refractivity contribution >= 4 is 10.9 Å². The molecule has 20 heavy (non-hydrogen) atoms. The Hall–Kier alpha value is -2.29. The van der Waals surface area contributed by atoms with Crippen molar-refractivity contribution in [1.29, 1.82) is 0 Å². The van der Waals surface area contributed by atoms with Crippen LogP contribution in [0.2, 0.25) is 0 Å². The first-order valence-electron chi connectivity index (χ1n) is 6.78. The summed E-state index contributed by atoms with van der Waals surface area (Å²) in [6.45, 7) is 4.65. The summed E-state index contributed by atoms with van der Waals surface area (Å²) in [7, 11) is 0. The van der Waals surface area contributed by atoms with Gasteiger partial charge in [-0.05, 0) is 31.4 Å². The van der Waals surface area contributed by atoms with E-state index in [0.717, 1.165) is 23.9 Å². The highest BCUT2D eigenvalue weighted by Crippen LogP contribution is 2.28. The average Bonchev–Trinajstić information content (AvgIpc) is 2.91. The molecule has 0 bridgehead atoms. The highest BCUT2D eigenvalue weighted by molar-refractivity contribution is 5.86. The number of pyridine rings is 1. The second kappa shape index (κ2) is 5.37. The van der Waals surface area contributed by atoms with Crippen LogP contribution in [0.4, 0.5) is 0 Å². The molecule has 3 heteroatoms. The third-order valence-electron chi connectivity index (χ3n) is 3.60. The van der Waals surface area contributed by atoms with Crippen LogP contribution >= 0.6 is 0 Å². The minimum atomic E-state index is 0.260. The second-order valence-electron chi connectivity index (χ2n) is 4.85. The van der Waals surface area contributed by atoms with Crippen LogP contribution in [0.15, 0.2) is 48.8 Å². The molecular formula is C17H17N2O. The van der Waals surface area contributed by atoms with Gasteiger partial charge in [0.15, 0.2) is 0 Å². The van der Waals surface area contributed by atoms with Gasteiger partial charge in [-0.25, -0.2) is 0 Å². The summed E-state index contributed by atoms with van der Waals surface area (Å²) in [6.07, 6.45) is 5.28. The van der Waals surface area contributed by atoms with Gasteiger partial charge in [0.25, 0.3) is 0 Å². The second-order valence-corrected chi connectivity index (χ2v) is 4.85. The van der Waals surface area contributed by atoms with Gasteiger partial charge >= 0.3 is 0 Å². The molecule has 2 aromatic heterocycles. The van der Waals surface area contributed by atoms with E-state index >= 15 is 0 Å². The molecule has 0 saturated carbocycles. The lowest BCUT2D eigenvalue weighted by Gasteiger charge is -2.07. The fraction of sp³-hybridized carbons (Fsp3) is 0.176. The topological polar surface area (TPSA) is 38.0 Å². The Morgan fingerprint density at radius 2 is 1.95 bits per heavy atom. The Labute approximate surface area is 118 Å². The van der Waals surface area contributed by atoms with E-state index in [0.29, 0.717) is 12.1 Å². The van der Waals surface area contributed by atoms with Gasteiger partial charge in [0.1, 0.15) is 5.75 Å². The predicted octanol–water partition coefficient (Wildman–Crippen LogP) is 3.36. The van der Waals surface area contributed by atoms with Crippen molar-refractivity contribution in [3.05, 3.63) is 67.0 Å². The molecule has 0 amide bonds. The third kappa shape index (κ3) is 2.27. The minimum Gasteiger partial charge on any atom is -0.505 e. The number of fused-ring (bicyclic) bond motifs is 1. The number of aromatic hydroxyl groups is 1. The fourth-order valence-electron chi connectivity index (χ4n) is 2.46. The van der Waals surface area contributed by atoms with Crippen LogP contribution in [-0.4, -0.2) is 14.7 Å². The molecule has 3 nitrogen and oxygen atoms in total. The molecule has 2 heterocycles. The molecular weight excluding hydrogens is 248 g/mol. The smallest absolute Gasteiger partial charge is 0.146 e. The van der Waals surface area contributed by atoms with Crippen LogP contribution in [0.5, 0.6) is 5.75 Å². The van der Waals surface area contributed by atoms with E-state index in [1.54, 1.807) is 0 Å². The summed E-state index contributed by atoms with van der Waals surface area (Å²) in [6, 6.07) is 12.3. The van der Waals surface area contributed by atoms with E-state index in [9.17, 15) is 5.11 Å². The largest absolute Gasteiger partial charge is 0.505 e. The van der Waals surface area contributed by atoms with Crippen molar-refractivity contribution in [2.45, 2.75) is 19.4 Å². The first-order valence-corrected chi connectivity index (χ1v) is 6.78. The summed E-state index contributed by atoms with van der Waals surface area (Å²) < 4.78 is 2.13. The van der Waals surface area contributed by atoms with Crippen molar-refractivity contribution in [3.8, 4) is 5.75 Å². The molecule has 1 aromatic carbocycles. The van der Waals surface area contributed by atoms with Crippen LogP contribution in [0.3, 0.4) is 0 Å². The lowest BCUT2D eigenvalue weighted by molar-refractivity contribution is 0.472. The number of aromatic nitrogens is 2. The molecule has 0 aliphatic heterocycles. The maximum Gasteiger partial charge on any atom is 0.146 e. The Kier molecular flexibility index (Phi) is 3.42. The van der Waals surface area contributed by atoms with Gasteiger partial charge in [-0.15, -0.1) is 0 Å². The summed E-state index contributed by atoms with van der Waals surface area (Å²) in [4.78, 5) is 4.28. The van der Waals surface area contributed by atoms with Gasteiger partial charge in [0, 0.05) is 18.1 Å². The van der Waals surface area contributed by atoms with E-state index in [-0.39, 0.29) is 5.75 Å². The zero-order valence-corrected chi connectivity index (χ0v) is 11.3. The summed E-state index contributed by atoms with van der Waals surface area (Å²) >= 11 is 0.